The van der Waals surface area contributed by atoms with Crippen LogP contribution < -0.4 is 10.2 Å². The van der Waals surface area contributed by atoms with Crippen LogP contribution in [0, 0.1) is 0 Å². The molecule has 2 saturated heterocycles. The van der Waals surface area contributed by atoms with Crippen molar-refractivity contribution in [1.29, 1.82) is 0 Å². The molecule has 4 heterocycles. The van der Waals surface area contributed by atoms with Crippen molar-refractivity contribution in [2.24, 2.45) is 0 Å². The zero-order valence-electron chi connectivity index (χ0n) is 18.4. The van der Waals surface area contributed by atoms with Crippen LogP contribution in [-0.2, 0) is 4.74 Å². The average Bonchev–Trinajstić information content (AvgIpc) is 2.73. The number of carbonyl (C=O) groups is 1. The molecule has 0 bridgehead atoms. The van der Waals surface area contributed by atoms with E-state index in [-0.39, 0.29) is 6.09 Å². The minimum atomic E-state index is -0.457. The van der Waals surface area contributed by atoms with Crippen LogP contribution in [0.25, 0.3) is 10.8 Å². The summed E-state index contributed by atoms with van der Waals surface area (Å²) in [6.07, 6.45) is 9.11. The zero-order chi connectivity index (χ0) is 21.1. The molecule has 0 atom stereocenters. The molecule has 0 spiro atoms. The van der Waals surface area contributed by atoms with E-state index >= 15 is 0 Å². The van der Waals surface area contributed by atoms with E-state index in [0.29, 0.717) is 19.1 Å². The Hall–Kier alpha value is -2.57. The van der Waals surface area contributed by atoms with Gasteiger partial charge in [0.05, 0.1) is 0 Å². The maximum absolute atomic E-state index is 12.3. The monoisotopic (exact) mass is 411 g/mol. The van der Waals surface area contributed by atoms with Gasteiger partial charge in [0, 0.05) is 55.4 Å². The summed E-state index contributed by atoms with van der Waals surface area (Å²) in [4.78, 5) is 25.8. The second-order valence-electron chi connectivity index (χ2n) is 9.36. The Morgan fingerprint density at radius 1 is 1.10 bits per heavy atom. The van der Waals surface area contributed by atoms with Crippen molar-refractivity contribution >= 4 is 28.5 Å². The Balaban J connectivity index is 1.42. The molecule has 0 aliphatic carbocycles. The lowest BCUT2D eigenvalue weighted by Crippen LogP contribution is -2.44. The number of nitrogens with one attached hydrogen (secondary N) is 1. The van der Waals surface area contributed by atoms with Crippen molar-refractivity contribution in [2.45, 2.75) is 64.5 Å². The summed E-state index contributed by atoms with van der Waals surface area (Å²) in [5.74, 6) is 1.95. The number of rotatable bonds is 3. The molecule has 7 nitrogen and oxygen atoms in total. The molecule has 1 amide bonds. The first-order valence-electron chi connectivity index (χ1n) is 11.1. The van der Waals surface area contributed by atoms with E-state index in [1.54, 1.807) is 4.90 Å². The number of fused-ring (bicyclic) bond motifs is 1. The Morgan fingerprint density at radius 2 is 1.83 bits per heavy atom. The summed E-state index contributed by atoms with van der Waals surface area (Å²) in [6.45, 7) is 9.23. The van der Waals surface area contributed by atoms with Gasteiger partial charge in [-0.1, -0.05) is 0 Å². The first-order chi connectivity index (χ1) is 14.4. The van der Waals surface area contributed by atoms with Crippen molar-refractivity contribution in [3.8, 4) is 0 Å². The van der Waals surface area contributed by atoms with Gasteiger partial charge in [0.15, 0.2) is 0 Å². The highest BCUT2D eigenvalue weighted by atomic mass is 16.6. The van der Waals surface area contributed by atoms with Crippen LogP contribution in [0.15, 0.2) is 24.5 Å². The van der Waals surface area contributed by atoms with Gasteiger partial charge in [-0.15, -0.1) is 0 Å². The molecular formula is C23H33N5O2. The predicted molar refractivity (Wildman–Crippen MR) is 120 cm³/mol. The van der Waals surface area contributed by atoms with Gasteiger partial charge in [-0.2, -0.15) is 0 Å². The average molecular weight is 412 g/mol. The number of carbonyl (C=O) groups excluding carboxylic acids is 1. The lowest BCUT2D eigenvalue weighted by molar-refractivity contribution is 0.0210. The van der Waals surface area contributed by atoms with Gasteiger partial charge in [0.2, 0.25) is 0 Å². The van der Waals surface area contributed by atoms with Crippen molar-refractivity contribution in [1.82, 2.24) is 14.9 Å². The van der Waals surface area contributed by atoms with Crippen LogP contribution in [0.3, 0.4) is 0 Å². The number of amides is 1. The topological polar surface area (TPSA) is 70.6 Å². The number of anilines is 2. The third-order valence-corrected chi connectivity index (χ3v) is 5.78. The van der Waals surface area contributed by atoms with Crippen molar-refractivity contribution in [2.75, 3.05) is 36.4 Å². The summed E-state index contributed by atoms with van der Waals surface area (Å²) >= 11 is 0. The van der Waals surface area contributed by atoms with E-state index in [4.69, 9.17) is 4.74 Å². The summed E-state index contributed by atoms with van der Waals surface area (Å²) in [6, 6.07) is 4.45. The van der Waals surface area contributed by atoms with Crippen LogP contribution in [0.4, 0.5) is 16.4 Å². The van der Waals surface area contributed by atoms with E-state index in [1.165, 1.54) is 19.3 Å². The lowest BCUT2D eigenvalue weighted by atomic mass is 10.1. The smallest absolute Gasteiger partial charge is 0.410 e. The van der Waals surface area contributed by atoms with Crippen LogP contribution in [-0.4, -0.2) is 58.8 Å². The second-order valence-corrected chi connectivity index (χ2v) is 9.36. The fourth-order valence-electron chi connectivity index (χ4n) is 4.23. The van der Waals surface area contributed by atoms with E-state index in [0.717, 1.165) is 48.3 Å². The number of aromatic nitrogens is 2. The SMILES string of the molecule is CC(C)(C)OC(=O)N1CCC(Nc2cc3c(N4CCCCC4)nccc3cn2)CC1. The number of hydrogen-bond acceptors (Lipinski definition) is 6. The molecule has 0 aromatic carbocycles. The van der Waals surface area contributed by atoms with Crippen LogP contribution >= 0.6 is 0 Å². The highest BCUT2D eigenvalue weighted by Crippen LogP contribution is 2.28. The van der Waals surface area contributed by atoms with E-state index in [1.807, 2.05) is 39.2 Å². The third-order valence-electron chi connectivity index (χ3n) is 5.78. The normalized spacial score (nSPS) is 18.5. The Bertz CT molecular complexity index is 881. The molecule has 2 fully saturated rings. The lowest BCUT2D eigenvalue weighted by Gasteiger charge is -2.34. The first-order valence-corrected chi connectivity index (χ1v) is 11.1. The molecule has 2 aliphatic rings. The number of hydrogen-bond donors (Lipinski definition) is 1. The molecule has 2 aromatic rings. The largest absolute Gasteiger partial charge is 0.444 e. The molecule has 0 unspecified atom stereocenters. The number of nitrogens with zero attached hydrogens (tertiary/aromatic N) is 4. The number of likely N-dealkylation sites (tertiary alicyclic amines) is 1. The van der Waals surface area contributed by atoms with Gasteiger partial charge >= 0.3 is 6.09 Å². The molecule has 2 aliphatic heterocycles. The third kappa shape index (κ3) is 4.94. The summed E-state index contributed by atoms with van der Waals surface area (Å²) < 4.78 is 5.49. The molecular weight excluding hydrogens is 378 g/mol. The molecule has 30 heavy (non-hydrogen) atoms. The quantitative estimate of drug-likeness (QED) is 0.806. The van der Waals surface area contributed by atoms with Crippen LogP contribution in [0.5, 0.6) is 0 Å². The molecule has 2 aromatic heterocycles. The van der Waals surface area contributed by atoms with Crippen molar-refractivity contribution < 1.29 is 9.53 Å². The Morgan fingerprint density at radius 3 is 2.53 bits per heavy atom. The Labute approximate surface area is 178 Å². The molecule has 0 radical (unpaired) electrons. The second kappa shape index (κ2) is 8.66. The standard InChI is InChI=1S/C23H33N5O2/c1-23(2,3)30-22(29)28-13-8-18(9-14-28)26-20-15-19-17(16-25-20)7-10-24-21(19)27-11-5-4-6-12-27/h7,10,15-16,18H,4-6,8-9,11-14H2,1-3H3,(H,25,26). The summed E-state index contributed by atoms with van der Waals surface area (Å²) in [7, 11) is 0. The number of piperidine rings is 2. The van der Waals surface area contributed by atoms with Gasteiger partial charge in [0.25, 0.3) is 0 Å². The summed E-state index contributed by atoms with van der Waals surface area (Å²) in [5.41, 5.74) is -0.457. The minimum absolute atomic E-state index is 0.220. The maximum atomic E-state index is 12.3. The van der Waals surface area contributed by atoms with Gasteiger partial charge in [-0.05, 0) is 65.0 Å². The number of pyridine rings is 2. The fourth-order valence-corrected chi connectivity index (χ4v) is 4.23. The predicted octanol–water partition coefficient (Wildman–Crippen LogP) is 4.43. The molecule has 4 rings (SSSR count). The van der Waals surface area contributed by atoms with E-state index in [2.05, 4.69) is 26.3 Å². The van der Waals surface area contributed by atoms with E-state index < -0.39 is 5.60 Å². The van der Waals surface area contributed by atoms with E-state index in [9.17, 15) is 4.79 Å². The Kier molecular flexibility index (Phi) is 5.97. The van der Waals surface area contributed by atoms with Gasteiger partial charge in [-0.3, -0.25) is 0 Å². The van der Waals surface area contributed by atoms with Gasteiger partial charge in [0.1, 0.15) is 17.2 Å². The molecule has 0 saturated carbocycles. The zero-order valence-corrected chi connectivity index (χ0v) is 18.4. The van der Waals surface area contributed by atoms with Crippen LogP contribution in [0.1, 0.15) is 52.9 Å². The van der Waals surface area contributed by atoms with Gasteiger partial charge < -0.3 is 19.9 Å². The van der Waals surface area contributed by atoms with Gasteiger partial charge in [-0.25, -0.2) is 14.8 Å². The minimum Gasteiger partial charge on any atom is -0.444 e. The fraction of sp³-hybridized carbons (Fsp3) is 0.609. The number of ether oxygens (including phenoxy) is 1. The molecule has 7 heteroatoms. The van der Waals surface area contributed by atoms with Crippen molar-refractivity contribution in [3.63, 3.8) is 0 Å². The highest BCUT2D eigenvalue weighted by Gasteiger charge is 2.27. The van der Waals surface area contributed by atoms with Crippen molar-refractivity contribution in [3.05, 3.63) is 24.5 Å². The molecule has 1 N–H and O–H groups in total. The summed E-state index contributed by atoms with van der Waals surface area (Å²) in [5, 5.41) is 5.85. The highest BCUT2D eigenvalue weighted by molar-refractivity contribution is 5.93. The first kappa shape index (κ1) is 20.7. The molecule has 162 valence electrons. The maximum Gasteiger partial charge on any atom is 0.410 e. The van der Waals surface area contributed by atoms with Crippen LogP contribution in [0.2, 0.25) is 0 Å².